The van der Waals surface area contributed by atoms with Gasteiger partial charge in [-0.15, -0.1) is 0 Å². The fourth-order valence-electron chi connectivity index (χ4n) is 6.36. The molecule has 0 spiro atoms. The van der Waals surface area contributed by atoms with Crippen LogP contribution < -0.4 is 0 Å². The lowest BCUT2D eigenvalue weighted by Gasteiger charge is -2.15. The fourth-order valence-corrected chi connectivity index (χ4v) is 6.36. The van der Waals surface area contributed by atoms with Crippen molar-refractivity contribution >= 4 is 0 Å². The molecule has 0 amide bonds. The van der Waals surface area contributed by atoms with Gasteiger partial charge in [-0.2, -0.15) is 0 Å². The molecule has 3 nitrogen and oxygen atoms in total. The smallest absolute Gasteiger partial charge is 0.241 e. The van der Waals surface area contributed by atoms with E-state index in [4.69, 9.17) is 9.47 Å². The molecule has 0 aromatic heterocycles. The molecule has 0 aromatic carbocycles. The molecule has 3 heteroatoms. The topological polar surface area (TPSA) is 21.7 Å². The Morgan fingerprint density at radius 3 is 1.11 bits per heavy atom. The highest BCUT2D eigenvalue weighted by Crippen LogP contribution is 2.31. The van der Waals surface area contributed by atoms with Gasteiger partial charge in [0.15, 0.2) is 0 Å². The van der Waals surface area contributed by atoms with Crippen molar-refractivity contribution in [3.8, 4) is 0 Å². The summed E-state index contributed by atoms with van der Waals surface area (Å²) in [7, 11) is 4.26. The van der Waals surface area contributed by atoms with E-state index in [1.54, 1.807) is 0 Å². The number of unbranched alkanes of at least 4 members (excludes halogenated alkanes) is 25. The van der Waals surface area contributed by atoms with Crippen molar-refractivity contribution in [3.05, 3.63) is 23.7 Å². The van der Waals surface area contributed by atoms with Crippen LogP contribution in [-0.4, -0.2) is 31.8 Å². The largest absolute Gasteiger partial charge is 0.456 e. The Hall–Kier alpha value is -0.960. The highest BCUT2D eigenvalue weighted by Gasteiger charge is 2.26. The van der Waals surface area contributed by atoms with Crippen LogP contribution in [0.25, 0.3) is 0 Å². The highest BCUT2D eigenvalue weighted by molar-refractivity contribution is 5.06. The standard InChI is InChI=1S/C41H79NO2/c1-5-7-9-11-13-15-17-19-21-23-25-27-29-31-33-35-39-40(44-41(43-39)37-38-42(3)4)36-34-32-30-28-26-24-22-20-18-16-14-12-10-8-6-2/h19,21,41H,5-18,20,22-38H2,1-4H3/b21-19+. The van der Waals surface area contributed by atoms with Crippen LogP contribution in [0.1, 0.15) is 213 Å². The van der Waals surface area contributed by atoms with Crippen LogP contribution in [-0.2, 0) is 9.47 Å². The second-order valence-electron chi connectivity index (χ2n) is 14.1. The zero-order chi connectivity index (χ0) is 31.8. The van der Waals surface area contributed by atoms with Crippen LogP contribution in [0.3, 0.4) is 0 Å². The third kappa shape index (κ3) is 26.3. The van der Waals surface area contributed by atoms with Gasteiger partial charge in [-0.1, -0.05) is 167 Å². The number of allylic oxidation sites excluding steroid dienone is 4. The first-order chi connectivity index (χ1) is 21.7. The average Bonchev–Trinajstić information content (AvgIpc) is 3.41. The van der Waals surface area contributed by atoms with Crippen LogP contribution in [0.5, 0.6) is 0 Å². The van der Waals surface area contributed by atoms with Gasteiger partial charge in [-0.05, 0) is 52.6 Å². The second-order valence-corrected chi connectivity index (χ2v) is 14.1. The number of ether oxygens (including phenoxy) is 2. The molecule has 1 rings (SSSR count). The van der Waals surface area contributed by atoms with E-state index in [0.29, 0.717) is 0 Å². The van der Waals surface area contributed by atoms with Gasteiger partial charge in [0.05, 0.1) is 0 Å². The van der Waals surface area contributed by atoms with E-state index in [-0.39, 0.29) is 6.29 Å². The molecule has 0 aliphatic carbocycles. The molecule has 260 valence electrons. The molecule has 0 bridgehead atoms. The van der Waals surface area contributed by atoms with Crippen LogP contribution in [0, 0.1) is 0 Å². The quantitative estimate of drug-likeness (QED) is 0.0529. The SMILES string of the molecule is CCCCCCCC/C=C/CCCCCCCC1=C(CCCCCCCCCCCCCCCCC)OC(CCN(C)C)O1. The lowest BCUT2D eigenvalue weighted by atomic mass is 10.0. The predicted molar refractivity (Wildman–Crippen MR) is 195 cm³/mol. The first-order valence-electron chi connectivity index (χ1n) is 20.0. The molecule has 44 heavy (non-hydrogen) atoms. The Bertz CT molecular complexity index is 655. The third-order valence-corrected chi connectivity index (χ3v) is 9.34. The van der Waals surface area contributed by atoms with Gasteiger partial charge in [0.1, 0.15) is 11.5 Å². The highest BCUT2D eigenvalue weighted by atomic mass is 16.7. The maximum Gasteiger partial charge on any atom is 0.241 e. The molecule has 0 fully saturated rings. The van der Waals surface area contributed by atoms with Gasteiger partial charge in [0.25, 0.3) is 0 Å². The molecule has 1 aliphatic heterocycles. The zero-order valence-corrected chi connectivity index (χ0v) is 30.6. The first-order valence-corrected chi connectivity index (χ1v) is 20.0. The molecular formula is C41H79NO2. The Balaban J connectivity index is 2.10. The number of nitrogens with zero attached hydrogens (tertiary/aromatic N) is 1. The van der Waals surface area contributed by atoms with Gasteiger partial charge in [0, 0.05) is 25.8 Å². The summed E-state index contributed by atoms with van der Waals surface area (Å²) in [6, 6.07) is 0. The van der Waals surface area contributed by atoms with E-state index >= 15 is 0 Å². The van der Waals surface area contributed by atoms with Crippen LogP contribution in [0.15, 0.2) is 23.7 Å². The molecule has 0 N–H and O–H groups in total. The van der Waals surface area contributed by atoms with E-state index < -0.39 is 0 Å². The lowest BCUT2D eigenvalue weighted by molar-refractivity contribution is -0.0502. The number of hydrogen-bond donors (Lipinski definition) is 0. The summed E-state index contributed by atoms with van der Waals surface area (Å²) in [6.45, 7) is 5.61. The normalized spacial score (nSPS) is 15.2. The van der Waals surface area contributed by atoms with Crippen LogP contribution in [0.2, 0.25) is 0 Å². The minimum Gasteiger partial charge on any atom is -0.456 e. The molecule has 1 heterocycles. The number of hydrogen-bond acceptors (Lipinski definition) is 3. The van der Waals surface area contributed by atoms with E-state index in [1.165, 1.54) is 191 Å². The Morgan fingerprint density at radius 1 is 0.455 bits per heavy atom. The van der Waals surface area contributed by atoms with E-state index in [0.717, 1.165) is 25.8 Å². The second kappa shape index (κ2) is 32.0. The van der Waals surface area contributed by atoms with Gasteiger partial charge < -0.3 is 14.4 Å². The first kappa shape index (κ1) is 41.1. The van der Waals surface area contributed by atoms with Crippen LogP contribution >= 0.6 is 0 Å². The summed E-state index contributed by atoms with van der Waals surface area (Å²) in [5.41, 5.74) is 0. The Morgan fingerprint density at radius 2 is 0.773 bits per heavy atom. The van der Waals surface area contributed by atoms with Crippen molar-refractivity contribution in [2.24, 2.45) is 0 Å². The predicted octanol–water partition coefficient (Wildman–Crippen LogP) is 13.8. The van der Waals surface area contributed by atoms with Crippen molar-refractivity contribution in [2.75, 3.05) is 20.6 Å². The summed E-state index contributed by atoms with van der Waals surface area (Å²) in [5.74, 6) is 2.36. The molecule has 1 unspecified atom stereocenters. The zero-order valence-electron chi connectivity index (χ0n) is 30.6. The molecule has 1 aliphatic rings. The van der Waals surface area contributed by atoms with E-state index in [1.807, 2.05) is 0 Å². The van der Waals surface area contributed by atoms with Crippen molar-refractivity contribution in [1.29, 1.82) is 0 Å². The molecule has 0 saturated carbocycles. The van der Waals surface area contributed by atoms with Crippen LogP contribution in [0.4, 0.5) is 0 Å². The van der Waals surface area contributed by atoms with E-state index in [9.17, 15) is 0 Å². The summed E-state index contributed by atoms with van der Waals surface area (Å²) < 4.78 is 12.7. The summed E-state index contributed by atoms with van der Waals surface area (Å²) in [5, 5.41) is 0. The molecule has 1 atom stereocenters. The average molecular weight is 618 g/mol. The van der Waals surface area contributed by atoms with Gasteiger partial charge in [0.2, 0.25) is 6.29 Å². The minimum absolute atomic E-state index is 0.0677. The van der Waals surface area contributed by atoms with Gasteiger partial charge in [-0.25, -0.2) is 0 Å². The summed E-state index contributed by atoms with van der Waals surface area (Å²) >= 11 is 0. The maximum atomic E-state index is 6.34. The summed E-state index contributed by atoms with van der Waals surface area (Å²) in [4.78, 5) is 2.23. The maximum absolute atomic E-state index is 6.34. The third-order valence-electron chi connectivity index (χ3n) is 9.34. The molecule has 0 radical (unpaired) electrons. The Kier molecular flexibility index (Phi) is 29.9. The van der Waals surface area contributed by atoms with Gasteiger partial charge in [-0.3, -0.25) is 0 Å². The summed E-state index contributed by atoms with van der Waals surface area (Å²) in [6.07, 6.45) is 46.5. The lowest BCUT2D eigenvalue weighted by Crippen LogP contribution is -2.20. The fraction of sp³-hybridized carbons (Fsp3) is 0.902. The minimum atomic E-state index is -0.0677. The van der Waals surface area contributed by atoms with Crippen molar-refractivity contribution in [2.45, 2.75) is 219 Å². The molecule has 0 aromatic rings. The molecule has 0 saturated heterocycles. The monoisotopic (exact) mass is 618 g/mol. The number of rotatable bonds is 34. The molecular weight excluding hydrogens is 538 g/mol. The van der Waals surface area contributed by atoms with Gasteiger partial charge >= 0.3 is 0 Å². The van der Waals surface area contributed by atoms with Crippen molar-refractivity contribution in [1.82, 2.24) is 4.90 Å². The van der Waals surface area contributed by atoms with E-state index in [2.05, 4.69) is 45.0 Å². The van der Waals surface area contributed by atoms with Crippen molar-refractivity contribution < 1.29 is 9.47 Å². The Labute approximate surface area is 277 Å². The van der Waals surface area contributed by atoms with Crippen molar-refractivity contribution in [3.63, 3.8) is 0 Å².